The summed E-state index contributed by atoms with van der Waals surface area (Å²) in [4.78, 5) is 11.0. The van der Waals surface area contributed by atoms with Gasteiger partial charge < -0.3 is 16.4 Å². The molecule has 1 saturated heterocycles. The van der Waals surface area contributed by atoms with Gasteiger partial charge in [0.1, 0.15) is 0 Å². The maximum atomic E-state index is 11.0. The summed E-state index contributed by atoms with van der Waals surface area (Å²) >= 11 is 3.45. The Morgan fingerprint density at radius 2 is 2.39 bits per heavy atom. The smallest absolute Gasteiger partial charge is 0.248 e. The third-order valence-corrected chi connectivity index (χ3v) is 3.94. The molecule has 1 aromatic carbocycles. The van der Waals surface area contributed by atoms with E-state index in [4.69, 9.17) is 5.73 Å². The fourth-order valence-electron chi connectivity index (χ4n) is 2.18. The lowest BCUT2D eigenvalue weighted by Crippen LogP contribution is -2.13. The fraction of sp³-hybridized carbons (Fsp3) is 0.462. The zero-order valence-corrected chi connectivity index (χ0v) is 11.8. The average Bonchev–Trinajstić information content (AvgIpc) is 2.84. The van der Waals surface area contributed by atoms with Gasteiger partial charge in [0.25, 0.3) is 0 Å². The van der Waals surface area contributed by atoms with E-state index in [1.54, 1.807) is 12.1 Å². The first kappa shape index (κ1) is 13.4. The van der Waals surface area contributed by atoms with Crippen molar-refractivity contribution in [2.75, 3.05) is 25.0 Å². The van der Waals surface area contributed by atoms with Crippen molar-refractivity contribution in [1.29, 1.82) is 0 Å². The number of carbonyl (C=O) groups excluding carboxylic acids is 1. The van der Waals surface area contributed by atoms with Crippen molar-refractivity contribution in [3.05, 3.63) is 28.2 Å². The molecule has 0 radical (unpaired) electrons. The number of nitrogens with two attached hydrogens (primary N) is 1. The Hall–Kier alpha value is -1.07. The van der Waals surface area contributed by atoms with Gasteiger partial charge in [-0.1, -0.05) is 0 Å². The third-order valence-electron chi connectivity index (χ3n) is 3.28. The normalized spacial score (nSPS) is 18.8. The summed E-state index contributed by atoms with van der Waals surface area (Å²) in [5.74, 6) is 0.375. The van der Waals surface area contributed by atoms with Gasteiger partial charge in [0.2, 0.25) is 5.91 Å². The largest absolute Gasteiger partial charge is 0.384 e. The minimum Gasteiger partial charge on any atom is -0.384 e. The van der Waals surface area contributed by atoms with Gasteiger partial charge in [-0.2, -0.15) is 0 Å². The Labute approximate surface area is 115 Å². The molecule has 1 amide bonds. The lowest BCUT2D eigenvalue weighted by atomic mass is 10.1. The van der Waals surface area contributed by atoms with Crippen molar-refractivity contribution in [2.45, 2.75) is 12.8 Å². The van der Waals surface area contributed by atoms with Crippen LogP contribution < -0.4 is 16.4 Å². The zero-order valence-electron chi connectivity index (χ0n) is 10.2. The highest BCUT2D eigenvalue weighted by Crippen LogP contribution is 2.24. The minimum atomic E-state index is -0.403. The highest BCUT2D eigenvalue weighted by Gasteiger charge is 2.13. The number of nitrogens with one attached hydrogen (secondary N) is 2. The predicted molar refractivity (Wildman–Crippen MR) is 76.7 cm³/mol. The third kappa shape index (κ3) is 3.46. The Balaban J connectivity index is 1.87. The van der Waals surface area contributed by atoms with Crippen LogP contribution in [0.5, 0.6) is 0 Å². The topological polar surface area (TPSA) is 67.2 Å². The number of primary amides is 1. The standard InChI is InChI=1S/C13H18BrN3O/c14-11-7-10(13(15)18)1-2-12(11)17-6-4-9-3-5-16-8-9/h1-2,7,9,16-17H,3-6,8H2,(H2,15,18). The molecule has 0 aliphatic carbocycles. The van der Waals surface area contributed by atoms with Crippen LogP contribution in [0.15, 0.2) is 22.7 Å². The van der Waals surface area contributed by atoms with Gasteiger partial charge in [0, 0.05) is 22.3 Å². The van der Waals surface area contributed by atoms with Crippen LogP contribution >= 0.6 is 15.9 Å². The molecule has 5 heteroatoms. The molecule has 0 saturated carbocycles. The van der Waals surface area contributed by atoms with Gasteiger partial charge in [0.15, 0.2) is 0 Å². The molecule has 0 spiro atoms. The highest BCUT2D eigenvalue weighted by atomic mass is 79.9. The van der Waals surface area contributed by atoms with E-state index in [0.29, 0.717) is 5.56 Å². The quantitative estimate of drug-likeness (QED) is 0.778. The monoisotopic (exact) mass is 311 g/mol. The van der Waals surface area contributed by atoms with E-state index >= 15 is 0 Å². The van der Waals surface area contributed by atoms with E-state index in [9.17, 15) is 4.79 Å². The first-order valence-electron chi connectivity index (χ1n) is 6.21. The molecule has 1 fully saturated rings. The van der Waals surface area contributed by atoms with Crippen molar-refractivity contribution >= 4 is 27.5 Å². The fourth-order valence-corrected chi connectivity index (χ4v) is 2.70. The first-order valence-corrected chi connectivity index (χ1v) is 7.00. The predicted octanol–water partition coefficient (Wildman–Crippen LogP) is 1.96. The van der Waals surface area contributed by atoms with Crippen LogP contribution in [0.2, 0.25) is 0 Å². The van der Waals surface area contributed by atoms with E-state index in [0.717, 1.165) is 42.1 Å². The van der Waals surface area contributed by atoms with Crippen molar-refractivity contribution in [2.24, 2.45) is 11.7 Å². The molecule has 2 rings (SSSR count). The lowest BCUT2D eigenvalue weighted by molar-refractivity contribution is 0.100. The molecular formula is C13H18BrN3O. The SMILES string of the molecule is NC(=O)c1ccc(NCCC2CCNC2)c(Br)c1. The molecule has 18 heavy (non-hydrogen) atoms. The van der Waals surface area contributed by atoms with E-state index in [-0.39, 0.29) is 0 Å². The second-order valence-corrected chi connectivity index (χ2v) is 5.49. The summed E-state index contributed by atoms with van der Waals surface area (Å²) < 4.78 is 0.878. The molecule has 1 unspecified atom stereocenters. The summed E-state index contributed by atoms with van der Waals surface area (Å²) in [5, 5.41) is 6.74. The Morgan fingerprint density at radius 3 is 3.00 bits per heavy atom. The lowest BCUT2D eigenvalue weighted by Gasteiger charge is -2.12. The summed E-state index contributed by atoms with van der Waals surface area (Å²) in [6.45, 7) is 3.21. The average molecular weight is 312 g/mol. The van der Waals surface area contributed by atoms with Crippen molar-refractivity contribution in [1.82, 2.24) is 5.32 Å². The molecule has 0 bridgehead atoms. The van der Waals surface area contributed by atoms with Gasteiger partial charge in [-0.15, -0.1) is 0 Å². The summed E-state index contributed by atoms with van der Waals surface area (Å²) in [5.41, 5.74) is 6.75. The Kier molecular flexibility index (Phi) is 4.60. The van der Waals surface area contributed by atoms with Crippen LogP contribution in [0, 0.1) is 5.92 Å². The second-order valence-electron chi connectivity index (χ2n) is 4.63. The van der Waals surface area contributed by atoms with Gasteiger partial charge in [0.05, 0.1) is 0 Å². The summed E-state index contributed by atoms with van der Waals surface area (Å²) in [6.07, 6.45) is 2.43. The first-order chi connectivity index (χ1) is 8.66. The molecule has 1 aromatic rings. The summed E-state index contributed by atoms with van der Waals surface area (Å²) in [6, 6.07) is 5.38. The number of carbonyl (C=O) groups is 1. The molecule has 1 aliphatic rings. The van der Waals surface area contributed by atoms with Gasteiger partial charge in [-0.25, -0.2) is 0 Å². The molecular weight excluding hydrogens is 294 g/mol. The molecule has 1 heterocycles. The van der Waals surface area contributed by atoms with Crippen LogP contribution in [0.3, 0.4) is 0 Å². The van der Waals surface area contributed by atoms with Gasteiger partial charge >= 0.3 is 0 Å². The van der Waals surface area contributed by atoms with Crippen molar-refractivity contribution in [3.8, 4) is 0 Å². The van der Waals surface area contributed by atoms with E-state index < -0.39 is 5.91 Å². The molecule has 0 aromatic heterocycles. The molecule has 4 nitrogen and oxygen atoms in total. The number of benzene rings is 1. The van der Waals surface area contributed by atoms with Crippen LogP contribution in [0.1, 0.15) is 23.2 Å². The number of anilines is 1. The number of rotatable bonds is 5. The zero-order chi connectivity index (χ0) is 13.0. The van der Waals surface area contributed by atoms with E-state index in [2.05, 4.69) is 26.6 Å². The molecule has 98 valence electrons. The van der Waals surface area contributed by atoms with Gasteiger partial charge in [-0.05, 0) is 66.0 Å². The van der Waals surface area contributed by atoms with E-state index in [1.165, 1.54) is 6.42 Å². The van der Waals surface area contributed by atoms with Crippen LogP contribution in [0.25, 0.3) is 0 Å². The number of hydrogen-bond donors (Lipinski definition) is 3. The molecule has 1 aliphatic heterocycles. The highest BCUT2D eigenvalue weighted by molar-refractivity contribution is 9.10. The molecule has 1 atom stereocenters. The van der Waals surface area contributed by atoms with E-state index in [1.807, 2.05) is 6.07 Å². The Bertz CT molecular complexity index is 430. The number of halogens is 1. The van der Waals surface area contributed by atoms with Gasteiger partial charge in [-0.3, -0.25) is 4.79 Å². The van der Waals surface area contributed by atoms with Crippen LogP contribution in [-0.2, 0) is 0 Å². The second kappa shape index (κ2) is 6.20. The minimum absolute atomic E-state index is 0.403. The van der Waals surface area contributed by atoms with Crippen LogP contribution in [-0.4, -0.2) is 25.5 Å². The summed E-state index contributed by atoms with van der Waals surface area (Å²) in [7, 11) is 0. The van der Waals surface area contributed by atoms with Crippen LogP contribution in [0.4, 0.5) is 5.69 Å². The number of amides is 1. The number of hydrogen-bond acceptors (Lipinski definition) is 3. The molecule has 4 N–H and O–H groups in total. The van der Waals surface area contributed by atoms with Crippen molar-refractivity contribution < 1.29 is 4.79 Å². The maximum absolute atomic E-state index is 11.0. The maximum Gasteiger partial charge on any atom is 0.248 e. The van der Waals surface area contributed by atoms with Crippen molar-refractivity contribution in [3.63, 3.8) is 0 Å². The Morgan fingerprint density at radius 1 is 1.56 bits per heavy atom.